The molecule has 0 fully saturated rings. The van der Waals surface area contributed by atoms with Crippen LogP contribution in [0.3, 0.4) is 0 Å². The van der Waals surface area contributed by atoms with E-state index in [4.69, 9.17) is 14.7 Å². The van der Waals surface area contributed by atoms with Gasteiger partial charge in [0.2, 0.25) is 0 Å². The first-order valence-electron chi connectivity index (χ1n) is 17.2. The van der Waals surface area contributed by atoms with Gasteiger partial charge in [0.15, 0.2) is 5.82 Å². The number of hydrogen-bond donors (Lipinski definition) is 0. The zero-order chi connectivity index (χ0) is 33.4. The Balaban J connectivity index is 1.05. The van der Waals surface area contributed by atoms with E-state index in [0.29, 0.717) is 0 Å². The van der Waals surface area contributed by atoms with Gasteiger partial charge in [-0.15, -0.1) is 0 Å². The summed E-state index contributed by atoms with van der Waals surface area (Å²) in [6, 6.07) is 55.9. The second-order valence-corrected chi connectivity index (χ2v) is 13.8. The van der Waals surface area contributed by atoms with Crippen LogP contribution in [-0.2, 0) is 5.41 Å². The minimum absolute atomic E-state index is 0.0887. The summed E-state index contributed by atoms with van der Waals surface area (Å²) in [4.78, 5) is 10.2. The number of ether oxygens (including phenoxy) is 1. The molecule has 0 atom stereocenters. The Labute approximate surface area is 291 Å². The first-order chi connectivity index (χ1) is 24.5. The fraction of sp³-hybridized carbons (Fsp3) is 0.0638. The van der Waals surface area contributed by atoms with E-state index in [9.17, 15) is 0 Å². The van der Waals surface area contributed by atoms with E-state index >= 15 is 0 Å². The van der Waals surface area contributed by atoms with Crippen LogP contribution in [0.1, 0.15) is 25.0 Å². The molecule has 8 aromatic rings. The maximum absolute atomic E-state index is 6.35. The van der Waals surface area contributed by atoms with Crippen LogP contribution >= 0.6 is 0 Å². The molecular weight excluding hydrogens is 609 g/mol. The fourth-order valence-corrected chi connectivity index (χ4v) is 7.90. The second-order valence-electron chi connectivity index (χ2n) is 13.8. The van der Waals surface area contributed by atoms with Gasteiger partial charge in [-0.3, -0.25) is 0 Å². The van der Waals surface area contributed by atoms with Crippen LogP contribution in [0.15, 0.2) is 158 Å². The van der Waals surface area contributed by atoms with Crippen molar-refractivity contribution in [2.45, 2.75) is 19.3 Å². The SMILES string of the molecule is CC1(C)c2ccccc2-c2ccc(-c3cc(-c4ccc(-c5ccc6c(c5)-c5cccc7cccc(c57)O6)cc4)nc(-c4ccccc4)n3)cc21. The van der Waals surface area contributed by atoms with Gasteiger partial charge in [0, 0.05) is 33.1 Å². The van der Waals surface area contributed by atoms with Gasteiger partial charge in [-0.1, -0.05) is 141 Å². The van der Waals surface area contributed by atoms with E-state index in [1.165, 1.54) is 38.6 Å². The van der Waals surface area contributed by atoms with Crippen LogP contribution in [0.4, 0.5) is 0 Å². The van der Waals surface area contributed by atoms with Gasteiger partial charge in [0.1, 0.15) is 11.5 Å². The first kappa shape index (κ1) is 28.7. The van der Waals surface area contributed by atoms with Gasteiger partial charge in [-0.25, -0.2) is 9.97 Å². The minimum Gasteiger partial charge on any atom is -0.456 e. The Morgan fingerprint density at radius 2 is 1.08 bits per heavy atom. The summed E-state index contributed by atoms with van der Waals surface area (Å²) >= 11 is 0. The number of hydrogen-bond acceptors (Lipinski definition) is 3. The predicted molar refractivity (Wildman–Crippen MR) is 204 cm³/mol. The van der Waals surface area contributed by atoms with Gasteiger partial charge in [-0.2, -0.15) is 0 Å². The van der Waals surface area contributed by atoms with Crippen molar-refractivity contribution in [3.05, 3.63) is 169 Å². The third-order valence-electron chi connectivity index (χ3n) is 10.5. The Morgan fingerprint density at radius 1 is 0.420 bits per heavy atom. The van der Waals surface area contributed by atoms with Crippen molar-refractivity contribution in [3.63, 3.8) is 0 Å². The molecule has 1 aromatic heterocycles. The van der Waals surface area contributed by atoms with Gasteiger partial charge < -0.3 is 4.74 Å². The number of aromatic nitrogens is 2. The lowest BCUT2D eigenvalue weighted by Gasteiger charge is -2.22. The van der Waals surface area contributed by atoms with E-state index in [-0.39, 0.29) is 5.41 Å². The lowest BCUT2D eigenvalue weighted by Crippen LogP contribution is -2.14. The van der Waals surface area contributed by atoms with E-state index in [2.05, 4.69) is 147 Å². The summed E-state index contributed by atoms with van der Waals surface area (Å²) < 4.78 is 6.35. The molecule has 0 radical (unpaired) electrons. The van der Waals surface area contributed by atoms with E-state index in [1.807, 2.05) is 24.3 Å². The second kappa shape index (κ2) is 10.8. The summed E-state index contributed by atoms with van der Waals surface area (Å²) in [5.74, 6) is 2.52. The molecule has 1 aliphatic carbocycles. The third-order valence-corrected chi connectivity index (χ3v) is 10.5. The van der Waals surface area contributed by atoms with E-state index in [1.54, 1.807) is 0 Å². The van der Waals surface area contributed by atoms with Crippen LogP contribution in [0.25, 0.3) is 78.1 Å². The highest BCUT2D eigenvalue weighted by Gasteiger charge is 2.35. The minimum atomic E-state index is -0.0887. The van der Waals surface area contributed by atoms with Crippen LogP contribution in [0, 0.1) is 0 Å². The highest BCUT2D eigenvalue weighted by atomic mass is 16.5. The zero-order valence-corrected chi connectivity index (χ0v) is 27.8. The van der Waals surface area contributed by atoms with Gasteiger partial charge in [0.05, 0.1) is 11.4 Å². The molecule has 2 heterocycles. The van der Waals surface area contributed by atoms with E-state index in [0.717, 1.165) is 62.1 Å². The molecule has 0 bridgehead atoms. The molecule has 1 aliphatic heterocycles. The fourth-order valence-electron chi connectivity index (χ4n) is 7.90. The van der Waals surface area contributed by atoms with Gasteiger partial charge in [-0.05, 0) is 74.7 Å². The number of nitrogens with zero attached hydrogens (tertiary/aromatic N) is 2. The Kier molecular flexibility index (Phi) is 6.22. The molecule has 0 saturated carbocycles. The molecule has 0 saturated heterocycles. The highest BCUT2D eigenvalue weighted by molar-refractivity contribution is 6.04. The molecule has 3 heteroatoms. The molecule has 236 valence electrons. The molecule has 0 unspecified atom stereocenters. The molecule has 0 spiro atoms. The smallest absolute Gasteiger partial charge is 0.160 e. The normalized spacial score (nSPS) is 13.3. The van der Waals surface area contributed by atoms with Crippen molar-refractivity contribution in [1.82, 2.24) is 9.97 Å². The van der Waals surface area contributed by atoms with Crippen LogP contribution in [0.5, 0.6) is 11.5 Å². The highest BCUT2D eigenvalue weighted by Crippen LogP contribution is 2.50. The summed E-state index contributed by atoms with van der Waals surface area (Å²) in [7, 11) is 0. The maximum Gasteiger partial charge on any atom is 0.160 e. The number of fused-ring (bicyclic) bond motifs is 5. The van der Waals surface area contributed by atoms with Crippen molar-refractivity contribution in [3.8, 4) is 78.8 Å². The first-order valence-corrected chi connectivity index (χ1v) is 17.2. The monoisotopic (exact) mass is 640 g/mol. The topological polar surface area (TPSA) is 35.0 Å². The van der Waals surface area contributed by atoms with Crippen molar-refractivity contribution >= 4 is 10.8 Å². The lowest BCUT2D eigenvalue weighted by molar-refractivity contribution is 0.487. The van der Waals surface area contributed by atoms with Crippen LogP contribution in [-0.4, -0.2) is 9.97 Å². The molecule has 3 nitrogen and oxygen atoms in total. The van der Waals surface area contributed by atoms with Crippen molar-refractivity contribution in [1.29, 1.82) is 0 Å². The standard InChI is InChI=1S/C47H32N2O/c1-47(2)39-16-7-6-14-35(39)36-24-22-34(27-40(36)47)42-28-41(48-46(49-42)32-10-4-3-5-11-32)30-20-18-29(19-21-30)33-23-25-43-38(26-33)37-15-8-12-31-13-9-17-44(50-43)45(31)37/h3-28H,1-2H3. The predicted octanol–water partition coefficient (Wildman–Crippen LogP) is 12.4. The lowest BCUT2D eigenvalue weighted by atomic mass is 9.82. The number of benzene rings is 7. The van der Waals surface area contributed by atoms with Crippen molar-refractivity contribution < 1.29 is 4.74 Å². The zero-order valence-electron chi connectivity index (χ0n) is 27.8. The Hall–Kier alpha value is -6.32. The Morgan fingerprint density at radius 3 is 1.92 bits per heavy atom. The molecule has 2 aliphatic rings. The average Bonchev–Trinajstić information content (AvgIpc) is 3.40. The van der Waals surface area contributed by atoms with E-state index < -0.39 is 0 Å². The third kappa shape index (κ3) is 4.44. The molecule has 0 amide bonds. The molecule has 50 heavy (non-hydrogen) atoms. The maximum atomic E-state index is 6.35. The quantitative estimate of drug-likeness (QED) is 0.192. The van der Waals surface area contributed by atoms with Crippen molar-refractivity contribution in [2.75, 3.05) is 0 Å². The van der Waals surface area contributed by atoms with Crippen LogP contribution in [0.2, 0.25) is 0 Å². The van der Waals surface area contributed by atoms with Crippen molar-refractivity contribution in [2.24, 2.45) is 0 Å². The van der Waals surface area contributed by atoms with Gasteiger partial charge in [0.25, 0.3) is 0 Å². The Bertz CT molecular complexity index is 2630. The van der Waals surface area contributed by atoms with Gasteiger partial charge >= 0.3 is 0 Å². The number of rotatable bonds is 4. The molecule has 7 aromatic carbocycles. The molecular formula is C47H32N2O. The summed E-state index contributed by atoms with van der Waals surface area (Å²) in [5.41, 5.74) is 14.8. The summed E-state index contributed by atoms with van der Waals surface area (Å²) in [6.07, 6.45) is 0. The summed E-state index contributed by atoms with van der Waals surface area (Å²) in [6.45, 7) is 4.64. The van der Waals surface area contributed by atoms with Crippen LogP contribution < -0.4 is 4.74 Å². The molecule has 0 N–H and O–H groups in total. The largest absolute Gasteiger partial charge is 0.456 e. The molecule has 10 rings (SSSR count). The average molecular weight is 641 g/mol. The summed E-state index contributed by atoms with van der Waals surface area (Å²) in [5, 5.41) is 2.36.